The molecule has 0 unspecified atom stereocenters. The lowest BCUT2D eigenvalue weighted by Gasteiger charge is -2.11. The molecule has 7 aromatic rings. The lowest BCUT2D eigenvalue weighted by atomic mass is 10.0. The Labute approximate surface area is 282 Å². The summed E-state index contributed by atoms with van der Waals surface area (Å²) in [4.78, 5) is 36.3. The molecule has 8 rings (SSSR count). The molecule has 0 saturated heterocycles. The van der Waals surface area contributed by atoms with Crippen LogP contribution in [0, 0.1) is 18.6 Å². The summed E-state index contributed by atoms with van der Waals surface area (Å²) in [5.41, 5.74) is 6.22. The molecule has 1 aliphatic rings. The highest BCUT2D eigenvalue weighted by molar-refractivity contribution is 7.16. The monoisotopic (exact) mass is 674 g/mol. The van der Waals surface area contributed by atoms with Gasteiger partial charge in [-0.1, -0.05) is 18.2 Å². The third-order valence-corrected chi connectivity index (χ3v) is 9.83. The van der Waals surface area contributed by atoms with Crippen molar-refractivity contribution < 1.29 is 18.3 Å². The number of fused-ring (bicyclic) bond motifs is 2. The summed E-state index contributed by atoms with van der Waals surface area (Å²) in [5.74, 6) is -0.762. The van der Waals surface area contributed by atoms with Crippen LogP contribution in [0.4, 0.5) is 14.5 Å². The van der Waals surface area contributed by atoms with E-state index in [0.717, 1.165) is 40.0 Å². The van der Waals surface area contributed by atoms with Gasteiger partial charge in [0.05, 0.1) is 36.1 Å². The SMILES string of the molecule is COc1ccc(Cn2nc(C)c3c([C@@H]4C[C@H]4c4ccc(NC(=O)c5cc6ncsc6n(-c6ccc(F)cc6)c5=O)cc4F)ccnc32)cc1. The minimum absolute atomic E-state index is 0.0466. The average Bonchev–Trinajstić information content (AvgIpc) is 3.63. The number of thiazole rings is 1. The Hall–Kier alpha value is -5.75. The van der Waals surface area contributed by atoms with Crippen molar-refractivity contribution >= 4 is 44.3 Å². The molecule has 1 fully saturated rings. The molecule has 1 aliphatic carbocycles. The number of halogens is 2. The third kappa shape index (κ3) is 5.53. The molecule has 2 atom stereocenters. The Morgan fingerprint density at radius 1 is 0.980 bits per heavy atom. The van der Waals surface area contributed by atoms with Crippen molar-refractivity contribution in [2.75, 3.05) is 12.4 Å². The molecule has 1 saturated carbocycles. The van der Waals surface area contributed by atoms with Crippen molar-refractivity contribution in [1.29, 1.82) is 0 Å². The number of rotatable bonds is 8. The van der Waals surface area contributed by atoms with Crippen molar-refractivity contribution in [1.82, 2.24) is 24.3 Å². The Kier molecular flexibility index (Phi) is 7.52. The molecular formula is C37H28F2N6O3S. The van der Waals surface area contributed by atoms with Crippen LogP contribution >= 0.6 is 11.3 Å². The standard InChI is InChI=1S/C37H28F2N6O3S/c1-20-33-27(13-14-40-34(33)44(43-20)18-21-3-10-25(48-2)11-4-21)29-16-28(29)26-12-7-23(15-31(26)39)42-35(46)30-17-32-37(49-19-41-32)45(36(30)47)24-8-5-22(38)6-9-24/h3-15,17,19,28-29H,16,18H2,1-2H3,(H,42,46)/t28-,29-/m0/s1. The largest absolute Gasteiger partial charge is 0.497 e. The summed E-state index contributed by atoms with van der Waals surface area (Å²) in [5, 5.41) is 8.44. The zero-order valence-corrected chi connectivity index (χ0v) is 27.2. The Morgan fingerprint density at radius 2 is 1.76 bits per heavy atom. The first-order valence-corrected chi connectivity index (χ1v) is 16.5. The van der Waals surface area contributed by atoms with Crippen LogP contribution in [0.25, 0.3) is 27.1 Å². The molecule has 4 heterocycles. The van der Waals surface area contributed by atoms with Crippen molar-refractivity contribution in [2.45, 2.75) is 31.7 Å². The van der Waals surface area contributed by atoms with Gasteiger partial charge in [-0.15, -0.1) is 11.3 Å². The van der Waals surface area contributed by atoms with E-state index in [0.29, 0.717) is 28.1 Å². The smallest absolute Gasteiger partial charge is 0.269 e. The number of aryl methyl sites for hydroxylation is 1. The number of carbonyl (C=O) groups is 1. The molecule has 1 amide bonds. The fraction of sp³-hybridized carbons (Fsp3) is 0.162. The number of carbonyl (C=O) groups excluding carboxylic acids is 1. The van der Waals surface area contributed by atoms with Crippen molar-refractivity contribution in [3.8, 4) is 11.4 Å². The van der Waals surface area contributed by atoms with Gasteiger partial charge in [-0.25, -0.2) is 23.4 Å². The molecule has 12 heteroatoms. The molecule has 1 N–H and O–H groups in total. The first-order chi connectivity index (χ1) is 23.8. The second-order valence-electron chi connectivity index (χ2n) is 12.0. The molecule has 244 valence electrons. The predicted molar refractivity (Wildman–Crippen MR) is 184 cm³/mol. The number of anilines is 1. The van der Waals surface area contributed by atoms with Crippen molar-refractivity contribution in [3.05, 3.63) is 141 Å². The number of nitrogens with one attached hydrogen (secondary N) is 1. The van der Waals surface area contributed by atoms with Gasteiger partial charge in [0.2, 0.25) is 0 Å². The summed E-state index contributed by atoms with van der Waals surface area (Å²) >= 11 is 1.23. The van der Waals surface area contributed by atoms with E-state index in [1.807, 2.05) is 41.9 Å². The summed E-state index contributed by atoms with van der Waals surface area (Å²) in [7, 11) is 1.64. The van der Waals surface area contributed by atoms with Gasteiger partial charge < -0.3 is 10.1 Å². The van der Waals surface area contributed by atoms with E-state index in [2.05, 4.69) is 15.3 Å². The van der Waals surface area contributed by atoms with Crippen molar-refractivity contribution in [3.63, 3.8) is 0 Å². The zero-order chi connectivity index (χ0) is 33.8. The average molecular weight is 675 g/mol. The number of hydrogen-bond donors (Lipinski definition) is 1. The normalized spacial score (nSPS) is 15.5. The number of pyridine rings is 2. The Morgan fingerprint density at radius 3 is 2.51 bits per heavy atom. The maximum Gasteiger partial charge on any atom is 0.269 e. The van der Waals surface area contributed by atoms with E-state index < -0.39 is 23.1 Å². The fourth-order valence-electron chi connectivity index (χ4n) is 6.53. The van der Waals surface area contributed by atoms with Crippen LogP contribution < -0.4 is 15.6 Å². The topological polar surface area (TPSA) is 104 Å². The lowest BCUT2D eigenvalue weighted by Crippen LogP contribution is -2.28. The number of amides is 1. The fourth-order valence-corrected chi connectivity index (χ4v) is 7.33. The van der Waals surface area contributed by atoms with E-state index in [1.165, 1.54) is 52.3 Å². The van der Waals surface area contributed by atoms with E-state index in [-0.39, 0.29) is 23.1 Å². The van der Waals surface area contributed by atoms with Gasteiger partial charge in [0.15, 0.2) is 5.65 Å². The summed E-state index contributed by atoms with van der Waals surface area (Å²) < 4.78 is 37.7. The van der Waals surface area contributed by atoms with Gasteiger partial charge in [0, 0.05) is 17.3 Å². The van der Waals surface area contributed by atoms with Gasteiger partial charge in [-0.3, -0.25) is 14.2 Å². The number of aromatic nitrogens is 5. The van der Waals surface area contributed by atoms with Gasteiger partial charge in [-0.2, -0.15) is 5.10 Å². The molecule has 0 aliphatic heterocycles. The molecule has 4 aromatic heterocycles. The molecule has 3 aromatic carbocycles. The third-order valence-electron chi connectivity index (χ3n) is 9.00. The van der Waals surface area contributed by atoms with E-state index in [4.69, 9.17) is 9.84 Å². The van der Waals surface area contributed by atoms with E-state index in [1.54, 1.807) is 30.9 Å². The zero-order valence-electron chi connectivity index (χ0n) is 26.4. The molecule has 9 nitrogen and oxygen atoms in total. The highest BCUT2D eigenvalue weighted by Gasteiger charge is 2.42. The Balaban J connectivity index is 1.03. The molecule has 0 bridgehead atoms. The van der Waals surface area contributed by atoms with Gasteiger partial charge >= 0.3 is 0 Å². The minimum atomic E-state index is -0.700. The first kappa shape index (κ1) is 30.6. The maximum absolute atomic E-state index is 15.6. The van der Waals surface area contributed by atoms with Gasteiger partial charge in [-0.05, 0) is 103 Å². The second kappa shape index (κ2) is 12.0. The number of benzene rings is 3. The van der Waals surface area contributed by atoms with E-state index in [9.17, 15) is 14.0 Å². The van der Waals surface area contributed by atoms with E-state index >= 15 is 4.39 Å². The molecule has 0 radical (unpaired) electrons. The second-order valence-corrected chi connectivity index (χ2v) is 12.9. The lowest BCUT2D eigenvalue weighted by molar-refractivity contribution is 0.102. The number of nitrogens with zero attached hydrogens (tertiary/aromatic N) is 5. The van der Waals surface area contributed by atoms with Crippen LogP contribution in [0.15, 0.2) is 95.4 Å². The van der Waals surface area contributed by atoms with Gasteiger partial charge in [0.25, 0.3) is 11.5 Å². The first-order valence-electron chi connectivity index (χ1n) is 15.6. The molecular weight excluding hydrogens is 647 g/mol. The summed E-state index contributed by atoms with van der Waals surface area (Å²) in [6.07, 6.45) is 2.54. The quantitative estimate of drug-likeness (QED) is 0.181. The van der Waals surface area contributed by atoms with Crippen LogP contribution in [0.2, 0.25) is 0 Å². The number of ether oxygens (including phenoxy) is 1. The van der Waals surface area contributed by atoms with Crippen LogP contribution in [-0.2, 0) is 6.54 Å². The van der Waals surface area contributed by atoms with Crippen LogP contribution in [0.1, 0.15) is 51.0 Å². The number of hydrogen-bond acceptors (Lipinski definition) is 7. The van der Waals surface area contributed by atoms with Crippen LogP contribution in [-0.4, -0.2) is 37.3 Å². The summed E-state index contributed by atoms with van der Waals surface area (Å²) in [6.45, 7) is 2.52. The summed E-state index contributed by atoms with van der Waals surface area (Å²) in [6, 6.07) is 21.3. The molecule has 0 spiro atoms. The van der Waals surface area contributed by atoms with Gasteiger partial charge in [0.1, 0.15) is 27.8 Å². The highest BCUT2D eigenvalue weighted by atomic mass is 32.1. The Bertz CT molecular complexity index is 2450. The molecule has 49 heavy (non-hydrogen) atoms. The predicted octanol–water partition coefficient (Wildman–Crippen LogP) is 7.36. The van der Waals surface area contributed by atoms with Crippen molar-refractivity contribution in [2.24, 2.45) is 0 Å². The highest BCUT2D eigenvalue weighted by Crippen LogP contribution is 2.56. The minimum Gasteiger partial charge on any atom is -0.497 e. The maximum atomic E-state index is 15.6. The number of methoxy groups -OCH3 is 1. The van der Waals surface area contributed by atoms with Crippen LogP contribution in [0.3, 0.4) is 0 Å². The van der Waals surface area contributed by atoms with Crippen LogP contribution in [0.5, 0.6) is 5.75 Å².